The topological polar surface area (TPSA) is 92.4 Å². The summed E-state index contributed by atoms with van der Waals surface area (Å²) in [6, 6.07) is 6.81. The van der Waals surface area contributed by atoms with E-state index in [4.69, 9.17) is 10.8 Å². The number of benzene rings is 1. The summed E-state index contributed by atoms with van der Waals surface area (Å²) in [5, 5.41) is 11.8. The Morgan fingerprint density at radius 1 is 1.33 bits per heavy atom. The molecular formula is C16H22N2O3. The van der Waals surface area contributed by atoms with Gasteiger partial charge in [-0.3, -0.25) is 9.59 Å². The van der Waals surface area contributed by atoms with E-state index >= 15 is 0 Å². The Labute approximate surface area is 124 Å². The highest BCUT2D eigenvalue weighted by Gasteiger charge is 2.39. The molecule has 21 heavy (non-hydrogen) atoms. The van der Waals surface area contributed by atoms with Crippen molar-refractivity contribution in [2.75, 3.05) is 6.54 Å². The molecule has 1 fully saturated rings. The molecule has 1 aromatic carbocycles. The number of hydrogen-bond donors (Lipinski definition) is 3. The number of nitrogens with one attached hydrogen (secondary N) is 1. The molecule has 1 aliphatic carbocycles. The van der Waals surface area contributed by atoms with E-state index in [1.165, 1.54) is 0 Å². The number of aliphatic carboxylic acids is 1. The number of carbonyl (C=O) groups is 2. The molecule has 2 rings (SSSR count). The largest absolute Gasteiger partial charge is 0.481 e. The van der Waals surface area contributed by atoms with Crippen molar-refractivity contribution < 1.29 is 14.7 Å². The highest BCUT2D eigenvalue weighted by molar-refractivity contribution is 5.83. The molecule has 1 aromatic rings. The molecule has 4 N–H and O–H groups in total. The van der Waals surface area contributed by atoms with Crippen LogP contribution >= 0.6 is 0 Å². The summed E-state index contributed by atoms with van der Waals surface area (Å²) < 4.78 is 0. The van der Waals surface area contributed by atoms with Crippen molar-refractivity contribution in [2.24, 2.45) is 11.1 Å². The molecule has 1 aliphatic rings. The fourth-order valence-corrected chi connectivity index (χ4v) is 2.72. The van der Waals surface area contributed by atoms with Gasteiger partial charge in [-0.15, -0.1) is 0 Å². The molecule has 0 aliphatic heterocycles. The third kappa shape index (κ3) is 3.82. The van der Waals surface area contributed by atoms with Gasteiger partial charge in [0, 0.05) is 6.54 Å². The van der Waals surface area contributed by atoms with E-state index in [-0.39, 0.29) is 17.7 Å². The molecule has 5 heteroatoms. The van der Waals surface area contributed by atoms with Crippen molar-refractivity contribution in [3.05, 3.63) is 35.4 Å². The summed E-state index contributed by atoms with van der Waals surface area (Å²) >= 11 is 0. The van der Waals surface area contributed by atoms with Crippen LogP contribution in [0.4, 0.5) is 0 Å². The molecule has 1 atom stereocenters. The van der Waals surface area contributed by atoms with Crippen LogP contribution in [-0.2, 0) is 9.59 Å². The first kappa shape index (κ1) is 15.5. The van der Waals surface area contributed by atoms with Gasteiger partial charge in [-0.25, -0.2) is 0 Å². The molecular weight excluding hydrogens is 268 g/mol. The van der Waals surface area contributed by atoms with E-state index in [9.17, 15) is 9.59 Å². The maximum absolute atomic E-state index is 12.1. The lowest BCUT2D eigenvalue weighted by molar-refractivity contribution is -0.142. The second-order valence-corrected chi connectivity index (χ2v) is 6.03. The van der Waals surface area contributed by atoms with Gasteiger partial charge in [-0.1, -0.05) is 36.2 Å². The highest BCUT2D eigenvalue weighted by atomic mass is 16.4. The Hall–Kier alpha value is -1.88. The molecule has 0 aromatic heterocycles. The highest BCUT2D eigenvalue weighted by Crippen LogP contribution is 2.43. The minimum atomic E-state index is -0.813. The number of amides is 1. The second kappa shape index (κ2) is 6.26. The van der Waals surface area contributed by atoms with Gasteiger partial charge < -0.3 is 16.2 Å². The van der Waals surface area contributed by atoms with Crippen molar-refractivity contribution in [3.63, 3.8) is 0 Å². The number of aryl methyl sites for hydroxylation is 1. The normalized spacial score (nSPS) is 17.6. The lowest BCUT2D eigenvalue weighted by atomic mass is 9.66. The van der Waals surface area contributed by atoms with Gasteiger partial charge in [0.1, 0.15) is 6.04 Å². The Balaban J connectivity index is 1.91. The van der Waals surface area contributed by atoms with Crippen molar-refractivity contribution in [1.82, 2.24) is 5.32 Å². The van der Waals surface area contributed by atoms with Gasteiger partial charge in [-0.05, 0) is 30.7 Å². The average Bonchev–Trinajstić information content (AvgIpc) is 2.41. The van der Waals surface area contributed by atoms with Crippen molar-refractivity contribution >= 4 is 11.9 Å². The minimum Gasteiger partial charge on any atom is -0.481 e. The zero-order chi connectivity index (χ0) is 15.5. The number of carboxylic acids is 1. The summed E-state index contributed by atoms with van der Waals surface area (Å²) in [5.74, 6) is -1.07. The number of carboxylic acid groups (broad SMARTS) is 1. The molecule has 5 nitrogen and oxygen atoms in total. The van der Waals surface area contributed by atoms with Gasteiger partial charge in [-0.2, -0.15) is 0 Å². The van der Waals surface area contributed by atoms with Crippen molar-refractivity contribution in [3.8, 4) is 0 Å². The first-order valence-electron chi connectivity index (χ1n) is 7.24. The van der Waals surface area contributed by atoms with Crippen molar-refractivity contribution in [2.45, 2.75) is 38.6 Å². The number of nitrogens with two attached hydrogens (primary N) is 1. The quantitative estimate of drug-likeness (QED) is 0.744. The average molecular weight is 290 g/mol. The molecule has 0 heterocycles. The van der Waals surface area contributed by atoms with E-state index in [1.54, 1.807) is 0 Å². The lowest BCUT2D eigenvalue weighted by Crippen LogP contribution is -2.45. The first-order chi connectivity index (χ1) is 9.92. The van der Waals surface area contributed by atoms with E-state index in [1.807, 2.05) is 31.2 Å². The third-order valence-corrected chi connectivity index (χ3v) is 4.30. The van der Waals surface area contributed by atoms with Crippen LogP contribution in [0.2, 0.25) is 0 Å². The molecule has 0 bridgehead atoms. The maximum Gasteiger partial charge on any atom is 0.303 e. The summed E-state index contributed by atoms with van der Waals surface area (Å²) in [6.07, 6.45) is 2.82. The van der Waals surface area contributed by atoms with E-state index in [0.29, 0.717) is 6.54 Å². The van der Waals surface area contributed by atoms with E-state index in [0.717, 1.165) is 30.4 Å². The predicted molar refractivity (Wildman–Crippen MR) is 79.7 cm³/mol. The van der Waals surface area contributed by atoms with Crippen molar-refractivity contribution in [1.29, 1.82) is 0 Å². The van der Waals surface area contributed by atoms with Crippen LogP contribution in [0.25, 0.3) is 0 Å². The van der Waals surface area contributed by atoms with Crippen LogP contribution in [0, 0.1) is 12.3 Å². The zero-order valence-corrected chi connectivity index (χ0v) is 12.3. The fourth-order valence-electron chi connectivity index (χ4n) is 2.72. The smallest absolute Gasteiger partial charge is 0.303 e. The summed E-state index contributed by atoms with van der Waals surface area (Å²) in [7, 11) is 0. The second-order valence-electron chi connectivity index (χ2n) is 6.03. The molecule has 1 saturated carbocycles. The Kier molecular flexibility index (Phi) is 4.63. The van der Waals surface area contributed by atoms with Crippen LogP contribution in [0.3, 0.4) is 0 Å². The monoisotopic (exact) mass is 290 g/mol. The Morgan fingerprint density at radius 2 is 1.95 bits per heavy atom. The Morgan fingerprint density at radius 3 is 2.43 bits per heavy atom. The predicted octanol–water partition coefficient (Wildman–Crippen LogP) is 1.76. The van der Waals surface area contributed by atoms with E-state index < -0.39 is 12.0 Å². The fraction of sp³-hybridized carbons (Fsp3) is 0.500. The lowest BCUT2D eigenvalue weighted by Gasteiger charge is -2.41. The van der Waals surface area contributed by atoms with E-state index in [2.05, 4.69) is 5.32 Å². The van der Waals surface area contributed by atoms with Gasteiger partial charge in [0.05, 0.1) is 6.42 Å². The SMILES string of the molecule is Cc1ccc(C(N)C(=O)NCC2(CC(=O)O)CCC2)cc1. The standard InChI is InChI=1S/C16H22N2O3/c1-11-3-5-12(6-4-11)14(17)15(21)18-10-16(7-2-8-16)9-13(19)20/h3-6,14H,2,7-10,17H2,1H3,(H,18,21)(H,19,20). The summed E-state index contributed by atoms with van der Waals surface area (Å²) in [5.41, 5.74) is 7.54. The summed E-state index contributed by atoms with van der Waals surface area (Å²) in [6.45, 7) is 2.36. The first-order valence-corrected chi connectivity index (χ1v) is 7.24. The Bertz CT molecular complexity index is 521. The van der Waals surface area contributed by atoms with Crippen LogP contribution in [0.5, 0.6) is 0 Å². The number of rotatable bonds is 6. The van der Waals surface area contributed by atoms with Gasteiger partial charge in [0.25, 0.3) is 0 Å². The van der Waals surface area contributed by atoms with Crippen LogP contribution in [-0.4, -0.2) is 23.5 Å². The number of carbonyl (C=O) groups excluding carboxylic acids is 1. The molecule has 0 radical (unpaired) electrons. The third-order valence-electron chi connectivity index (χ3n) is 4.30. The molecule has 1 unspecified atom stereocenters. The van der Waals surface area contributed by atoms with Gasteiger partial charge >= 0.3 is 5.97 Å². The van der Waals surface area contributed by atoms with Gasteiger partial charge in [0.15, 0.2) is 0 Å². The molecule has 114 valence electrons. The summed E-state index contributed by atoms with van der Waals surface area (Å²) in [4.78, 5) is 23.0. The van der Waals surface area contributed by atoms with Crippen LogP contribution in [0.1, 0.15) is 42.9 Å². The number of hydrogen-bond acceptors (Lipinski definition) is 3. The van der Waals surface area contributed by atoms with Gasteiger partial charge in [0.2, 0.25) is 5.91 Å². The van der Waals surface area contributed by atoms with Crippen LogP contribution in [0.15, 0.2) is 24.3 Å². The zero-order valence-electron chi connectivity index (χ0n) is 12.3. The minimum absolute atomic E-state index is 0.104. The molecule has 1 amide bonds. The molecule has 0 spiro atoms. The maximum atomic E-state index is 12.1. The molecule has 0 saturated heterocycles. The van der Waals surface area contributed by atoms with Crippen LogP contribution < -0.4 is 11.1 Å².